The highest BCUT2D eigenvalue weighted by molar-refractivity contribution is 4.60. The van der Waals surface area contributed by atoms with Crippen LogP contribution in [-0.2, 0) is 0 Å². The number of aliphatic hydroxyl groups is 1. The van der Waals surface area contributed by atoms with Crippen LogP contribution in [0.15, 0.2) is 0 Å². The maximum Gasteiger partial charge on any atom is 0.0664 e. The average Bonchev–Trinajstić information content (AvgIpc) is 2.67. The van der Waals surface area contributed by atoms with Gasteiger partial charge in [0, 0.05) is 6.54 Å². The van der Waals surface area contributed by atoms with Gasteiger partial charge in [0.2, 0.25) is 0 Å². The van der Waals surface area contributed by atoms with Gasteiger partial charge in [-0.2, -0.15) is 0 Å². The van der Waals surface area contributed by atoms with E-state index in [9.17, 15) is 5.11 Å². The molecule has 0 aromatic rings. The van der Waals surface area contributed by atoms with Crippen molar-refractivity contribution in [2.75, 3.05) is 13.1 Å². The van der Waals surface area contributed by atoms with Gasteiger partial charge in [0.05, 0.1) is 6.10 Å². The molecule has 0 bridgehead atoms. The molecule has 0 aliphatic heterocycles. The number of hydrogen-bond donors (Lipinski definition) is 2. The van der Waals surface area contributed by atoms with E-state index < -0.39 is 0 Å². The van der Waals surface area contributed by atoms with E-state index in [2.05, 4.69) is 19.2 Å². The second kappa shape index (κ2) is 24.0. The van der Waals surface area contributed by atoms with Crippen molar-refractivity contribution in [1.29, 1.82) is 0 Å². The van der Waals surface area contributed by atoms with Crippen molar-refractivity contribution in [2.24, 2.45) is 0 Å². The molecule has 0 saturated carbocycles. The first-order valence-corrected chi connectivity index (χ1v) is 12.7. The molecule has 0 aromatic heterocycles. The molecule has 0 amide bonds. The SMILES string of the molecule is CCCCCCCCCCCCCCNCC(O)CCCCCCCCC. The monoisotopic (exact) mass is 383 g/mol. The molecule has 2 heteroatoms. The maximum absolute atomic E-state index is 10.0. The van der Waals surface area contributed by atoms with Gasteiger partial charge in [0.1, 0.15) is 0 Å². The Morgan fingerprint density at radius 1 is 0.519 bits per heavy atom. The Kier molecular flexibility index (Phi) is 23.9. The van der Waals surface area contributed by atoms with Gasteiger partial charge in [0.15, 0.2) is 0 Å². The molecule has 2 N–H and O–H groups in total. The molecule has 2 nitrogen and oxygen atoms in total. The summed E-state index contributed by atoms with van der Waals surface area (Å²) < 4.78 is 0. The van der Waals surface area contributed by atoms with Crippen LogP contribution < -0.4 is 5.32 Å². The second-order valence-corrected chi connectivity index (χ2v) is 8.66. The maximum atomic E-state index is 10.0. The molecule has 164 valence electrons. The quantitative estimate of drug-likeness (QED) is 0.177. The third-order valence-corrected chi connectivity index (χ3v) is 5.73. The smallest absolute Gasteiger partial charge is 0.0664 e. The first-order valence-electron chi connectivity index (χ1n) is 12.7. The van der Waals surface area contributed by atoms with Crippen LogP contribution in [0.3, 0.4) is 0 Å². The van der Waals surface area contributed by atoms with Gasteiger partial charge in [-0.05, 0) is 19.4 Å². The number of aliphatic hydroxyl groups excluding tert-OH is 1. The van der Waals surface area contributed by atoms with Gasteiger partial charge >= 0.3 is 0 Å². The van der Waals surface area contributed by atoms with Crippen LogP contribution in [0.5, 0.6) is 0 Å². The van der Waals surface area contributed by atoms with Gasteiger partial charge < -0.3 is 10.4 Å². The number of rotatable bonds is 23. The lowest BCUT2D eigenvalue weighted by atomic mass is 10.1. The summed E-state index contributed by atoms with van der Waals surface area (Å²) in [6, 6.07) is 0. The van der Waals surface area contributed by atoms with E-state index in [1.54, 1.807) is 0 Å². The van der Waals surface area contributed by atoms with Crippen molar-refractivity contribution in [3.8, 4) is 0 Å². The molecule has 0 fully saturated rings. The first-order chi connectivity index (χ1) is 13.3. The molecule has 0 radical (unpaired) electrons. The van der Waals surface area contributed by atoms with Crippen LogP contribution >= 0.6 is 0 Å². The fraction of sp³-hybridized carbons (Fsp3) is 1.00. The van der Waals surface area contributed by atoms with Crippen molar-refractivity contribution in [3.63, 3.8) is 0 Å². The van der Waals surface area contributed by atoms with E-state index in [-0.39, 0.29) is 6.10 Å². The summed E-state index contributed by atoms with van der Waals surface area (Å²) in [5, 5.41) is 13.5. The van der Waals surface area contributed by atoms with Crippen LogP contribution in [0.2, 0.25) is 0 Å². The fourth-order valence-electron chi connectivity index (χ4n) is 3.80. The summed E-state index contributed by atoms with van der Waals surface area (Å²) in [7, 11) is 0. The molecule has 0 aliphatic rings. The molecule has 0 rings (SSSR count). The summed E-state index contributed by atoms with van der Waals surface area (Å²) in [6.07, 6.45) is 27.0. The summed E-state index contributed by atoms with van der Waals surface area (Å²) in [4.78, 5) is 0. The van der Waals surface area contributed by atoms with Crippen molar-refractivity contribution < 1.29 is 5.11 Å². The Bertz CT molecular complexity index is 257. The first kappa shape index (κ1) is 26.9. The van der Waals surface area contributed by atoms with Gasteiger partial charge in [-0.15, -0.1) is 0 Å². The summed E-state index contributed by atoms with van der Waals surface area (Å²) in [6.45, 7) is 6.41. The normalized spacial score (nSPS) is 12.6. The van der Waals surface area contributed by atoms with Crippen LogP contribution in [0.1, 0.15) is 142 Å². The van der Waals surface area contributed by atoms with Gasteiger partial charge in [0.25, 0.3) is 0 Å². The molecular formula is C25H53NO. The Morgan fingerprint density at radius 3 is 1.33 bits per heavy atom. The van der Waals surface area contributed by atoms with E-state index in [0.717, 1.165) is 19.5 Å². The lowest BCUT2D eigenvalue weighted by Crippen LogP contribution is -2.27. The van der Waals surface area contributed by atoms with E-state index in [4.69, 9.17) is 0 Å². The minimum atomic E-state index is -0.141. The zero-order valence-corrected chi connectivity index (χ0v) is 19.1. The van der Waals surface area contributed by atoms with Crippen LogP contribution in [0, 0.1) is 0 Å². The largest absolute Gasteiger partial charge is 0.392 e. The highest BCUT2D eigenvalue weighted by atomic mass is 16.3. The third-order valence-electron chi connectivity index (χ3n) is 5.73. The summed E-state index contributed by atoms with van der Waals surface area (Å²) in [5.41, 5.74) is 0. The lowest BCUT2D eigenvalue weighted by Gasteiger charge is -2.11. The highest BCUT2D eigenvalue weighted by Crippen LogP contribution is 2.12. The van der Waals surface area contributed by atoms with Crippen LogP contribution in [0.4, 0.5) is 0 Å². The van der Waals surface area contributed by atoms with Crippen LogP contribution in [0.25, 0.3) is 0 Å². The number of hydrogen-bond acceptors (Lipinski definition) is 2. The number of unbranched alkanes of at least 4 members (excludes halogenated alkanes) is 17. The highest BCUT2D eigenvalue weighted by Gasteiger charge is 2.03. The minimum Gasteiger partial charge on any atom is -0.392 e. The molecule has 0 aromatic carbocycles. The molecule has 0 spiro atoms. The topological polar surface area (TPSA) is 32.3 Å². The van der Waals surface area contributed by atoms with Crippen molar-refractivity contribution in [2.45, 2.75) is 148 Å². The number of nitrogens with one attached hydrogen (secondary N) is 1. The van der Waals surface area contributed by atoms with E-state index >= 15 is 0 Å². The third kappa shape index (κ3) is 23.9. The zero-order chi connectivity index (χ0) is 19.8. The van der Waals surface area contributed by atoms with E-state index in [0.29, 0.717) is 0 Å². The Morgan fingerprint density at radius 2 is 0.889 bits per heavy atom. The average molecular weight is 384 g/mol. The molecule has 27 heavy (non-hydrogen) atoms. The van der Waals surface area contributed by atoms with E-state index in [1.165, 1.54) is 122 Å². The Hall–Kier alpha value is -0.0800. The summed E-state index contributed by atoms with van der Waals surface area (Å²) >= 11 is 0. The predicted molar refractivity (Wildman–Crippen MR) is 123 cm³/mol. The second-order valence-electron chi connectivity index (χ2n) is 8.66. The lowest BCUT2D eigenvalue weighted by molar-refractivity contribution is 0.158. The minimum absolute atomic E-state index is 0.141. The molecule has 0 saturated heterocycles. The van der Waals surface area contributed by atoms with Gasteiger partial charge in [-0.1, -0.05) is 129 Å². The van der Waals surface area contributed by atoms with Gasteiger partial charge in [-0.3, -0.25) is 0 Å². The van der Waals surface area contributed by atoms with Crippen LogP contribution in [-0.4, -0.2) is 24.3 Å². The standard InChI is InChI=1S/C25H53NO/c1-3-5-7-9-11-12-13-14-15-17-19-21-23-26-24-25(27)22-20-18-16-10-8-6-4-2/h25-27H,3-24H2,1-2H3. The van der Waals surface area contributed by atoms with Crippen molar-refractivity contribution >= 4 is 0 Å². The molecule has 0 aliphatic carbocycles. The zero-order valence-electron chi connectivity index (χ0n) is 19.1. The molecule has 1 atom stereocenters. The van der Waals surface area contributed by atoms with Gasteiger partial charge in [-0.25, -0.2) is 0 Å². The molecular weight excluding hydrogens is 330 g/mol. The Balaban J connectivity index is 3.10. The molecule has 0 heterocycles. The fourth-order valence-corrected chi connectivity index (χ4v) is 3.80. The molecule has 1 unspecified atom stereocenters. The van der Waals surface area contributed by atoms with Crippen molar-refractivity contribution in [1.82, 2.24) is 5.32 Å². The van der Waals surface area contributed by atoms with E-state index in [1.807, 2.05) is 0 Å². The Labute approximate surface area is 172 Å². The summed E-state index contributed by atoms with van der Waals surface area (Å²) in [5.74, 6) is 0. The predicted octanol–water partition coefficient (Wildman–Crippen LogP) is 7.78. The van der Waals surface area contributed by atoms with Crippen molar-refractivity contribution in [3.05, 3.63) is 0 Å².